The summed E-state index contributed by atoms with van der Waals surface area (Å²) < 4.78 is 0. The molecule has 0 radical (unpaired) electrons. The summed E-state index contributed by atoms with van der Waals surface area (Å²) in [5.74, 6) is 0. The average Bonchev–Trinajstić information content (AvgIpc) is 1.97. The van der Waals surface area contributed by atoms with Gasteiger partial charge >= 0.3 is 0 Å². The smallest absolute Gasteiger partial charge is 0.0114 e. The van der Waals surface area contributed by atoms with Gasteiger partial charge in [-0.15, -0.1) is 0 Å². The second-order valence-corrected chi connectivity index (χ2v) is 2.02. The molecule has 0 atom stereocenters. The van der Waals surface area contributed by atoms with Crippen LogP contribution in [0.4, 0.5) is 0 Å². The van der Waals surface area contributed by atoms with Crippen molar-refractivity contribution < 1.29 is 0 Å². The Labute approximate surface area is 63.1 Å². The predicted molar refractivity (Wildman–Crippen MR) is 46.5 cm³/mol. The highest BCUT2D eigenvalue weighted by Gasteiger charge is 1.76. The molecule has 0 aromatic carbocycles. The maximum absolute atomic E-state index is 3.10. The average molecular weight is 137 g/mol. The van der Waals surface area contributed by atoms with E-state index in [0.717, 1.165) is 5.70 Å². The third kappa shape index (κ3) is 5.16. The van der Waals surface area contributed by atoms with Crippen LogP contribution in [-0.2, 0) is 0 Å². The van der Waals surface area contributed by atoms with Gasteiger partial charge in [-0.05, 0) is 33.0 Å². The largest absolute Gasteiger partial charge is 0.366 e. The maximum atomic E-state index is 3.10. The molecule has 0 aliphatic heterocycles. The lowest BCUT2D eigenvalue weighted by molar-refractivity contribution is 1.06. The second kappa shape index (κ2) is 6.14. The topological polar surface area (TPSA) is 12.0 Å². The van der Waals surface area contributed by atoms with Crippen LogP contribution in [0.5, 0.6) is 0 Å². The van der Waals surface area contributed by atoms with Crippen molar-refractivity contribution in [3.8, 4) is 0 Å². The van der Waals surface area contributed by atoms with E-state index >= 15 is 0 Å². The van der Waals surface area contributed by atoms with E-state index in [9.17, 15) is 0 Å². The zero-order valence-electron chi connectivity index (χ0n) is 6.89. The molecule has 1 heteroatoms. The Hall–Kier alpha value is -0.980. The van der Waals surface area contributed by atoms with Gasteiger partial charge in [0.25, 0.3) is 0 Å². The molecule has 0 fully saturated rings. The second-order valence-electron chi connectivity index (χ2n) is 2.02. The van der Waals surface area contributed by atoms with Crippen molar-refractivity contribution in [2.24, 2.45) is 0 Å². The lowest BCUT2D eigenvalue weighted by atomic mass is 10.4. The molecule has 1 N–H and O–H groups in total. The molecule has 0 amide bonds. The minimum atomic E-state index is 1.15. The summed E-state index contributed by atoms with van der Waals surface area (Å²) in [6, 6.07) is 0. The van der Waals surface area contributed by atoms with Gasteiger partial charge in [-0.3, -0.25) is 0 Å². The monoisotopic (exact) mass is 137 g/mol. The molecule has 56 valence electrons. The molecule has 0 rings (SSSR count). The summed E-state index contributed by atoms with van der Waals surface area (Å²) in [5, 5.41) is 3.10. The quantitative estimate of drug-likeness (QED) is 0.589. The van der Waals surface area contributed by atoms with Crippen molar-refractivity contribution >= 4 is 0 Å². The van der Waals surface area contributed by atoms with Gasteiger partial charge < -0.3 is 5.32 Å². The Bertz CT molecular complexity index is 152. The highest BCUT2D eigenvalue weighted by molar-refractivity contribution is 5.09. The zero-order chi connectivity index (χ0) is 7.82. The fourth-order valence-electron chi connectivity index (χ4n) is 0.503. The number of allylic oxidation sites excluding steroid dienone is 5. The molecule has 0 saturated heterocycles. The van der Waals surface area contributed by atoms with Crippen molar-refractivity contribution in [3.63, 3.8) is 0 Å². The predicted octanol–water partition coefficient (Wildman–Crippen LogP) is 2.59. The third-order valence-electron chi connectivity index (χ3n) is 1.02. The van der Waals surface area contributed by atoms with Crippen LogP contribution < -0.4 is 5.32 Å². The minimum Gasteiger partial charge on any atom is -0.366 e. The van der Waals surface area contributed by atoms with Gasteiger partial charge in [-0.25, -0.2) is 0 Å². The Morgan fingerprint density at radius 2 is 1.90 bits per heavy atom. The van der Waals surface area contributed by atoms with Crippen molar-refractivity contribution in [2.75, 3.05) is 0 Å². The molecular weight excluding hydrogens is 122 g/mol. The first-order valence-corrected chi connectivity index (χ1v) is 3.48. The first-order chi connectivity index (χ1) is 4.81. The van der Waals surface area contributed by atoms with Gasteiger partial charge in [0.2, 0.25) is 0 Å². The highest BCUT2D eigenvalue weighted by atomic mass is 14.8. The molecule has 0 saturated carbocycles. The van der Waals surface area contributed by atoms with E-state index in [1.165, 1.54) is 0 Å². The molecule has 0 aliphatic rings. The first-order valence-electron chi connectivity index (χ1n) is 3.48. The Morgan fingerprint density at radius 3 is 2.40 bits per heavy atom. The van der Waals surface area contributed by atoms with Crippen LogP contribution in [-0.4, -0.2) is 0 Å². The minimum absolute atomic E-state index is 1.15. The van der Waals surface area contributed by atoms with E-state index in [1.54, 1.807) is 0 Å². The number of rotatable bonds is 3. The molecule has 1 nitrogen and oxygen atoms in total. The van der Waals surface area contributed by atoms with Crippen molar-refractivity contribution in [1.82, 2.24) is 5.32 Å². The summed E-state index contributed by atoms with van der Waals surface area (Å²) in [7, 11) is 0. The third-order valence-corrected chi connectivity index (χ3v) is 1.02. The van der Waals surface area contributed by atoms with E-state index < -0.39 is 0 Å². The number of hydrogen-bond acceptors (Lipinski definition) is 1. The zero-order valence-corrected chi connectivity index (χ0v) is 6.89. The molecule has 0 heterocycles. The van der Waals surface area contributed by atoms with E-state index in [1.807, 2.05) is 51.3 Å². The van der Waals surface area contributed by atoms with Crippen LogP contribution in [0.15, 0.2) is 36.2 Å². The fourth-order valence-corrected chi connectivity index (χ4v) is 0.503. The fraction of sp³-hybridized carbons (Fsp3) is 0.333. The van der Waals surface area contributed by atoms with Crippen molar-refractivity contribution in [3.05, 3.63) is 36.2 Å². The SMILES string of the molecule is C/C=C\N/C(C)=C\C=C\C. The highest BCUT2D eigenvalue weighted by Crippen LogP contribution is 1.86. The van der Waals surface area contributed by atoms with E-state index in [4.69, 9.17) is 0 Å². The summed E-state index contributed by atoms with van der Waals surface area (Å²) in [6.07, 6.45) is 9.91. The van der Waals surface area contributed by atoms with Crippen LogP contribution in [0.25, 0.3) is 0 Å². The van der Waals surface area contributed by atoms with E-state index in [2.05, 4.69) is 5.32 Å². The van der Waals surface area contributed by atoms with Gasteiger partial charge in [0.05, 0.1) is 0 Å². The molecule has 0 bridgehead atoms. The van der Waals surface area contributed by atoms with Crippen LogP contribution in [0.2, 0.25) is 0 Å². The van der Waals surface area contributed by atoms with E-state index in [-0.39, 0.29) is 0 Å². The van der Waals surface area contributed by atoms with Crippen molar-refractivity contribution in [2.45, 2.75) is 20.8 Å². The first kappa shape index (κ1) is 9.02. The van der Waals surface area contributed by atoms with Gasteiger partial charge in [-0.2, -0.15) is 0 Å². The molecular formula is C9H15N. The molecule has 0 spiro atoms. The van der Waals surface area contributed by atoms with Crippen LogP contribution >= 0.6 is 0 Å². The normalized spacial score (nSPS) is 13.3. The molecule has 0 aromatic rings. The summed E-state index contributed by atoms with van der Waals surface area (Å²) >= 11 is 0. The van der Waals surface area contributed by atoms with Crippen molar-refractivity contribution in [1.29, 1.82) is 0 Å². The maximum Gasteiger partial charge on any atom is 0.0114 e. The molecule has 0 aromatic heterocycles. The molecule has 0 unspecified atom stereocenters. The Morgan fingerprint density at radius 1 is 1.20 bits per heavy atom. The van der Waals surface area contributed by atoms with Gasteiger partial charge in [0, 0.05) is 5.70 Å². The van der Waals surface area contributed by atoms with Gasteiger partial charge in [0.15, 0.2) is 0 Å². The summed E-state index contributed by atoms with van der Waals surface area (Å²) in [6.45, 7) is 6.01. The number of hydrogen-bond donors (Lipinski definition) is 1. The standard InChI is InChI=1S/C9H15N/c1-4-6-7-9(3)10-8-5-2/h4-8,10H,1-3H3/b6-4+,8-5-,9-7-. The summed E-state index contributed by atoms with van der Waals surface area (Å²) in [4.78, 5) is 0. The molecule has 0 aliphatic carbocycles. The number of nitrogens with one attached hydrogen (secondary N) is 1. The Balaban J connectivity index is 3.70. The lowest BCUT2D eigenvalue weighted by Gasteiger charge is -1.95. The molecule has 10 heavy (non-hydrogen) atoms. The van der Waals surface area contributed by atoms with Gasteiger partial charge in [0.1, 0.15) is 0 Å². The summed E-state index contributed by atoms with van der Waals surface area (Å²) in [5.41, 5.74) is 1.15. The van der Waals surface area contributed by atoms with Crippen LogP contribution in [0.1, 0.15) is 20.8 Å². The van der Waals surface area contributed by atoms with E-state index in [0.29, 0.717) is 0 Å². The van der Waals surface area contributed by atoms with Crippen LogP contribution in [0.3, 0.4) is 0 Å². The van der Waals surface area contributed by atoms with Crippen LogP contribution in [0, 0.1) is 0 Å². The van der Waals surface area contributed by atoms with Gasteiger partial charge in [-0.1, -0.05) is 18.2 Å². The lowest BCUT2D eigenvalue weighted by Crippen LogP contribution is -1.99. The Kier molecular flexibility index (Phi) is 5.54.